The van der Waals surface area contributed by atoms with Gasteiger partial charge < -0.3 is 5.32 Å². The summed E-state index contributed by atoms with van der Waals surface area (Å²) in [5, 5.41) is 7.90. The number of thiophene rings is 1. The SMILES string of the molecule is CC(CCc1ccccc1)NCc1ccsc1. The molecule has 1 aromatic heterocycles. The van der Waals surface area contributed by atoms with Crippen molar-refractivity contribution in [2.24, 2.45) is 0 Å². The van der Waals surface area contributed by atoms with E-state index in [1.807, 2.05) is 0 Å². The van der Waals surface area contributed by atoms with E-state index in [1.165, 1.54) is 17.5 Å². The molecular formula is C15H19NS. The van der Waals surface area contributed by atoms with Gasteiger partial charge in [0, 0.05) is 12.6 Å². The Hall–Kier alpha value is -1.12. The van der Waals surface area contributed by atoms with Crippen LogP contribution in [0.15, 0.2) is 47.2 Å². The van der Waals surface area contributed by atoms with Crippen LogP contribution in [0.4, 0.5) is 0 Å². The number of nitrogens with one attached hydrogen (secondary N) is 1. The molecule has 0 bridgehead atoms. The lowest BCUT2D eigenvalue weighted by atomic mass is 10.1. The molecule has 2 aromatic rings. The fraction of sp³-hybridized carbons (Fsp3) is 0.333. The van der Waals surface area contributed by atoms with E-state index < -0.39 is 0 Å². The van der Waals surface area contributed by atoms with E-state index in [9.17, 15) is 0 Å². The summed E-state index contributed by atoms with van der Waals surface area (Å²) in [6.07, 6.45) is 2.34. The molecule has 0 aliphatic rings. The summed E-state index contributed by atoms with van der Waals surface area (Å²) in [5.41, 5.74) is 2.82. The van der Waals surface area contributed by atoms with Gasteiger partial charge in [0.15, 0.2) is 0 Å². The van der Waals surface area contributed by atoms with Gasteiger partial charge in [-0.15, -0.1) is 0 Å². The molecule has 0 aliphatic carbocycles. The van der Waals surface area contributed by atoms with Crippen LogP contribution in [0.1, 0.15) is 24.5 Å². The van der Waals surface area contributed by atoms with Crippen molar-refractivity contribution in [3.63, 3.8) is 0 Å². The fourth-order valence-electron chi connectivity index (χ4n) is 1.82. The first-order chi connectivity index (χ1) is 8.34. The van der Waals surface area contributed by atoms with Gasteiger partial charge in [0.05, 0.1) is 0 Å². The molecule has 0 saturated heterocycles. The van der Waals surface area contributed by atoms with Gasteiger partial charge in [-0.3, -0.25) is 0 Å². The van der Waals surface area contributed by atoms with Gasteiger partial charge in [-0.2, -0.15) is 11.3 Å². The van der Waals surface area contributed by atoms with E-state index in [-0.39, 0.29) is 0 Å². The molecular weight excluding hydrogens is 226 g/mol. The molecule has 1 heterocycles. The van der Waals surface area contributed by atoms with Crippen LogP contribution in [0.2, 0.25) is 0 Å². The lowest BCUT2D eigenvalue weighted by Crippen LogP contribution is -2.25. The maximum atomic E-state index is 3.56. The highest BCUT2D eigenvalue weighted by Gasteiger charge is 2.02. The van der Waals surface area contributed by atoms with Gasteiger partial charge in [-0.25, -0.2) is 0 Å². The minimum atomic E-state index is 0.565. The van der Waals surface area contributed by atoms with Crippen molar-refractivity contribution in [2.75, 3.05) is 0 Å². The van der Waals surface area contributed by atoms with Crippen LogP contribution in [0.5, 0.6) is 0 Å². The van der Waals surface area contributed by atoms with Gasteiger partial charge in [-0.05, 0) is 47.7 Å². The number of hydrogen-bond acceptors (Lipinski definition) is 2. The van der Waals surface area contributed by atoms with E-state index in [4.69, 9.17) is 0 Å². The highest BCUT2D eigenvalue weighted by molar-refractivity contribution is 7.07. The Morgan fingerprint density at radius 1 is 1.12 bits per heavy atom. The number of hydrogen-bond donors (Lipinski definition) is 1. The zero-order valence-corrected chi connectivity index (χ0v) is 11.0. The van der Waals surface area contributed by atoms with Crippen molar-refractivity contribution >= 4 is 11.3 Å². The number of benzene rings is 1. The number of rotatable bonds is 6. The Balaban J connectivity index is 1.69. The zero-order chi connectivity index (χ0) is 11.9. The highest BCUT2D eigenvalue weighted by atomic mass is 32.1. The Bertz CT molecular complexity index is 408. The summed E-state index contributed by atoms with van der Waals surface area (Å²) >= 11 is 1.76. The molecule has 17 heavy (non-hydrogen) atoms. The van der Waals surface area contributed by atoms with Crippen molar-refractivity contribution < 1.29 is 0 Å². The van der Waals surface area contributed by atoms with Crippen LogP contribution >= 0.6 is 11.3 Å². The molecule has 1 atom stereocenters. The predicted octanol–water partition coefficient (Wildman–Crippen LogP) is 3.86. The average molecular weight is 245 g/mol. The van der Waals surface area contributed by atoms with Crippen molar-refractivity contribution in [3.8, 4) is 0 Å². The smallest absolute Gasteiger partial charge is 0.0216 e. The molecule has 2 rings (SSSR count). The molecule has 0 spiro atoms. The zero-order valence-electron chi connectivity index (χ0n) is 10.2. The van der Waals surface area contributed by atoms with Crippen LogP contribution in [0.3, 0.4) is 0 Å². The second kappa shape index (κ2) is 6.58. The van der Waals surface area contributed by atoms with Gasteiger partial charge in [0.1, 0.15) is 0 Å². The summed E-state index contributed by atoms with van der Waals surface area (Å²) in [6, 6.07) is 13.4. The third kappa shape index (κ3) is 4.33. The molecule has 0 saturated carbocycles. The van der Waals surface area contributed by atoms with Crippen molar-refractivity contribution in [1.82, 2.24) is 5.32 Å². The standard InChI is InChI=1S/C15H19NS/c1-13(16-11-15-9-10-17-12-15)7-8-14-5-3-2-4-6-14/h2-6,9-10,12-13,16H,7-8,11H2,1H3. The summed E-state index contributed by atoms with van der Waals surface area (Å²) in [7, 11) is 0. The molecule has 1 unspecified atom stereocenters. The van der Waals surface area contributed by atoms with Crippen LogP contribution in [-0.4, -0.2) is 6.04 Å². The average Bonchev–Trinajstić information content (AvgIpc) is 2.88. The topological polar surface area (TPSA) is 12.0 Å². The summed E-state index contributed by atoms with van der Waals surface area (Å²) in [6.45, 7) is 3.24. The van der Waals surface area contributed by atoms with Gasteiger partial charge in [-0.1, -0.05) is 30.3 Å². The lowest BCUT2D eigenvalue weighted by Gasteiger charge is -2.13. The third-order valence-corrected chi connectivity index (χ3v) is 3.68. The molecule has 1 nitrogen and oxygen atoms in total. The number of aryl methyl sites for hydroxylation is 1. The Kier molecular flexibility index (Phi) is 4.77. The third-order valence-electron chi connectivity index (χ3n) is 2.94. The van der Waals surface area contributed by atoms with Crippen LogP contribution in [0, 0.1) is 0 Å². The molecule has 0 fully saturated rings. The van der Waals surface area contributed by atoms with E-state index in [2.05, 4.69) is 59.4 Å². The molecule has 1 N–H and O–H groups in total. The monoisotopic (exact) mass is 245 g/mol. The quantitative estimate of drug-likeness (QED) is 0.815. The summed E-state index contributed by atoms with van der Waals surface area (Å²) < 4.78 is 0. The normalized spacial score (nSPS) is 12.5. The minimum absolute atomic E-state index is 0.565. The molecule has 0 amide bonds. The van der Waals surface area contributed by atoms with Crippen LogP contribution in [0.25, 0.3) is 0 Å². The summed E-state index contributed by atoms with van der Waals surface area (Å²) in [5.74, 6) is 0. The van der Waals surface area contributed by atoms with Crippen molar-refractivity contribution in [1.29, 1.82) is 0 Å². The molecule has 90 valence electrons. The van der Waals surface area contributed by atoms with E-state index in [0.717, 1.165) is 13.0 Å². The largest absolute Gasteiger partial charge is 0.310 e. The van der Waals surface area contributed by atoms with E-state index in [1.54, 1.807) is 11.3 Å². The van der Waals surface area contributed by atoms with Crippen LogP contribution in [-0.2, 0) is 13.0 Å². The van der Waals surface area contributed by atoms with Crippen molar-refractivity contribution in [2.45, 2.75) is 32.4 Å². The van der Waals surface area contributed by atoms with Gasteiger partial charge >= 0.3 is 0 Å². The van der Waals surface area contributed by atoms with Gasteiger partial charge in [0.2, 0.25) is 0 Å². The maximum absolute atomic E-state index is 3.56. The minimum Gasteiger partial charge on any atom is -0.310 e. The molecule has 2 heteroatoms. The van der Waals surface area contributed by atoms with Crippen LogP contribution < -0.4 is 5.32 Å². The predicted molar refractivity (Wildman–Crippen MR) is 75.4 cm³/mol. The second-order valence-electron chi connectivity index (χ2n) is 4.44. The first kappa shape index (κ1) is 12.3. The second-order valence-corrected chi connectivity index (χ2v) is 5.22. The van der Waals surface area contributed by atoms with E-state index >= 15 is 0 Å². The summed E-state index contributed by atoms with van der Waals surface area (Å²) in [4.78, 5) is 0. The molecule has 0 radical (unpaired) electrons. The lowest BCUT2D eigenvalue weighted by molar-refractivity contribution is 0.514. The first-order valence-corrected chi connectivity index (χ1v) is 7.07. The Morgan fingerprint density at radius 3 is 2.65 bits per heavy atom. The Morgan fingerprint density at radius 2 is 1.94 bits per heavy atom. The van der Waals surface area contributed by atoms with Crippen molar-refractivity contribution in [3.05, 3.63) is 58.3 Å². The maximum Gasteiger partial charge on any atom is 0.0216 e. The van der Waals surface area contributed by atoms with E-state index in [0.29, 0.717) is 6.04 Å². The highest BCUT2D eigenvalue weighted by Crippen LogP contribution is 2.08. The first-order valence-electron chi connectivity index (χ1n) is 6.13. The fourth-order valence-corrected chi connectivity index (χ4v) is 2.48. The Labute approximate surface area is 108 Å². The molecule has 0 aliphatic heterocycles. The molecule has 1 aromatic carbocycles. The van der Waals surface area contributed by atoms with Gasteiger partial charge in [0.25, 0.3) is 0 Å².